The van der Waals surface area contributed by atoms with Crippen LogP contribution in [0, 0.1) is 6.92 Å². The zero-order valence-corrected chi connectivity index (χ0v) is 16.4. The number of pyridine rings is 1. The Balaban J connectivity index is 1.48. The Labute approximate surface area is 171 Å². The summed E-state index contributed by atoms with van der Waals surface area (Å²) < 4.78 is 12.3. The van der Waals surface area contributed by atoms with Crippen LogP contribution in [0.4, 0.5) is 0 Å². The summed E-state index contributed by atoms with van der Waals surface area (Å²) in [5.74, 6) is -0.168. The molecule has 0 saturated heterocycles. The van der Waals surface area contributed by atoms with Crippen LogP contribution >= 0.6 is 0 Å². The molecule has 7 heteroatoms. The summed E-state index contributed by atoms with van der Waals surface area (Å²) in [4.78, 5) is 40.4. The molecule has 0 spiro atoms. The van der Waals surface area contributed by atoms with E-state index >= 15 is 0 Å². The Hall–Kier alpha value is -4.00. The lowest BCUT2D eigenvalue weighted by molar-refractivity contribution is 0.0432. The van der Waals surface area contributed by atoms with E-state index in [1.54, 1.807) is 42.5 Å². The number of esters is 1. The van der Waals surface area contributed by atoms with Gasteiger partial charge >= 0.3 is 5.97 Å². The third-order valence-corrected chi connectivity index (χ3v) is 4.67. The molecule has 0 N–H and O–H groups in total. The predicted molar refractivity (Wildman–Crippen MR) is 109 cm³/mol. The van der Waals surface area contributed by atoms with Crippen LogP contribution in [0.3, 0.4) is 0 Å². The van der Waals surface area contributed by atoms with Gasteiger partial charge in [-0.15, -0.1) is 0 Å². The molecule has 4 aromatic rings. The maximum atomic E-state index is 12.3. The van der Waals surface area contributed by atoms with Crippen LogP contribution in [0.1, 0.15) is 39.2 Å². The average Bonchev–Trinajstić information content (AvgIpc) is 3.22. The normalized spacial score (nSPS) is 10.9. The monoisotopic (exact) mass is 402 g/mol. The number of aryl methyl sites for hydroxylation is 1. The Morgan fingerprint density at radius 2 is 1.83 bits per heavy atom. The molecule has 0 saturated carbocycles. The van der Waals surface area contributed by atoms with Crippen LogP contribution < -0.4 is 5.56 Å². The van der Waals surface area contributed by atoms with Gasteiger partial charge in [0.2, 0.25) is 5.76 Å². The minimum atomic E-state index is -0.659. The molecule has 0 bridgehead atoms. The largest absolute Gasteiger partial charge is 0.453 e. The van der Waals surface area contributed by atoms with Crippen molar-refractivity contribution in [3.8, 4) is 11.3 Å². The Bertz CT molecular complexity index is 1320. The van der Waals surface area contributed by atoms with Gasteiger partial charge in [-0.25, -0.2) is 9.78 Å². The summed E-state index contributed by atoms with van der Waals surface area (Å²) in [5.41, 5.74) is 2.71. The van der Waals surface area contributed by atoms with Crippen LogP contribution in [0.25, 0.3) is 17.0 Å². The van der Waals surface area contributed by atoms with Crippen molar-refractivity contribution in [2.45, 2.75) is 20.5 Å². The number of hydrogen-bond acceptors (Lipinski definition) is 6. The molecule has 1 aromatic carbocycles. The van der Waals surface area contributed by atoms with E-state index in [9.17, 15) is 14.4 Å². The van der Waals surface area contributed by atoms with Crippen molar-refractivity contribution >= 4 is 17.4 Å². The molecule has 0 unspecified atom stereocenters. The molecule has 0 amide bonds. The van der Waals surface area contributed by atoms with Gasteiger partial charge in [0.1, 0.15) is 18.0 Å². The number of carbonyl (C=O) groups excluding carboxylic acids is 2. The first-order valence-electron chi connectivity index (χ1n) is 9.29. The van der Waals surface area contributed by atoms with E-state index in [-0.39, 0.29) is 23.7 Å². The molecule has 0 radical (unpaired) electrons. The number of fused-ring (bicyclic) bond motifs is 1. The quantitative estimate of drug-likeness (QED) is 0.372. The SMILES string of the molecule is CC(=O)c1ccc(-c2ccc(C(=O)OCc3cc(=O)n4c(C)cccc4n3)o2)cc1. The number of carbonyl (C=O) groups is 2. The predicted octanol–water partition coefficient (Wildman–Crippen LogP) is 3.82. The van der Waals surface area contributed by atoms with Gasteiger partial charge in [0, 0.05) is 22.9 Å². The smallest absolute Gasteiger partial charge is 0.374 e. The Morgan fingerprint density at radius 1 is 1.07 bits per heavy atom. The van der Waals surface area contributed by atoms with Crippen LogP contribution in [0.2, 0.25) is 0 Å². The van der Waals surface area contributed by atoms with Gasteiger partial charge in [0.25, 0.3) is 5.56 Å². The van der Waals surface area contributed by atoms with E-state index in [0.29, 0.717) is 22.7 Å². The van der Waals surface area contributed by atoms with E-state index in [4.69, 9.17) is 9.15 Å². The molecule has 4 rings (SSSR count). The Kier molecular flexibility index (Phi) is 5.02. The minimum Gasteiger partial charge on any atom is -0.453 e. The minimum absolute atomic E-state index is 0.0256. The number of rotatable bonds is 5. The van der Waals surface area contributed by atoms with Crippen molar-refractivity contribution in [1.82, 2.24) is 9.38 Å². The number of furan rings is 1. The van der Waals surface area contributed by atoms with Gasteiger partial charge in [-0.1, -0.05) is 30.3 Å². The van der Waals surface area contributed by atoms with Gasteiger partial charge in [-0.2, -0.15) is 0 Å². The van der Waals surface area contributed by atoms with Crippen molar-refractivity contribution in [2.24, 2.45) is 0 Å². The van der Waals surface area contributed by atoms with Crippen LogP contribution in [-0.4, -0.2) is 21.1 Å². The fourth-order valence-corrected chi connectivity index (χ4v) is 3.12. The number of benzene rings is 1. The zero-order chi connectivity index (χ0) is 21.3. The van der Waals surface area contributed by atoms with Gasteiger partial charge in [-0.3, -0.25) is 14.0 Å². The van der Waals surface area contributed by atoms with Crippen LogP contribution in [-0.2, 0) is 11.3 Å². The van der Waals surface area contributed by atoms with E-state index in [1.807, 2.05) is 13.0 Å². The molecular formula is C23H18N2O5. The lowest BCUT2D eigenvalue weighted by Crippen LogP contribution is -2.18. The highest BCUT2D eigenvalue weighted by Crippen LogP contribution is 2.23. The summed E-state index contributed by atoms with van der Waals surface area (Å²) in [5, 5.41) is 0. The molecule has 0 aliphatic carbocycles. The second-order valence-corrected chi connectivity index (χ2v) is 6.82. The zero-order valence-electron chi connectivity index (χ0n) is 16.4. The highest BCUT2D eigenvalue weighted by Gasteiger charge is 2.15. The summed E-state index contributed by atoms with van der Waals surface area (Å²) in [6, 6.07) is 16.8. The molecule has 30 heavy (non-hydrogen) atoms. The van der Waals surface area contributed by atoms with Crippen molar-refractivity contribution in [3.63, 3.8) is 0 Å². The van der Waals surface area contributed by atoms with Crippen molar-refractivity contribution in [1.29, 1.82) is 0 Å². The van der Waals surface area contributed by atoms with E-state index in [0.717, 1.165) is 11.3 Å². The van der Waals surface area contributed by atoms with Gasteiger partial charge < -0.3 is 9.15 Å². The summed E-state index contributed by atoms with van der Waals surface area (Å²) in [7, 11) is 0. The molecular weight excluding hydrogens is 384 g/mol. The summed E-state index contributed by atoms with van der Waals surface area (Å²) in [6.07, 6.45) is 0. The third-order valence-electron chi connectivity index (χ3n) is 4.67. The highest BCUT2D eigenvalue weighted by molar-refractivity contribution is 5.94. The first kappa shape index (κ1) is 19.3. The number of ether oxygens (including phenoxy) is 1. The summed E-state index contributed by atoms with van der Waals surface area (Å²) >= 11 is 0. The lowest BCUT2D eigenvalue weighted by atomic mass is 10.1. The number of Topliss-reactive ketones (excluding diaryl/α,β-unsaturated/α-hetero) is 1. The lowest BCUT2D eigenvalue weighted by Gasteiger charge is -2.07. The molecule has 7 nitrogen and oxygen atoms in total. The molecule has 0 aliphatic rings. The fraction of sp³-hybridized carbons (Fsp3) is 0.130. The number of aromatic nitrogens is 2. The van der Waals surface area contributed by atoms with Crippen molar-refractivity contribution in [2.75, 3.05) is 0 Å². The second-order valence-electron chi connectivity index (χ2n) is 6.82. The van der Waals surface area contributed by atoms with E-state index < -0.39 is 5.97 Å². The standard InChI is InChI=1S/C23H18N2O5/c1-14-4-3-5-21-24-18(12-22(27)25(14)21)13-29-23(28)20-11-10-19(30-20)17-8-6-16(7-9-17)15(2)26/h3-12H,13H2,1-2H3. The summed E-state index contributed by atoms with van der Waals surface area (Å²) in [6.45, 7) is 3.16. The van der Waals surface area contributed by atoms with Crippen molar-refractivity contribution in [3.05, 3.63) is 93.7 Å². The third kappa shape index (κ3) is 3.77. The van der Waals surface area contributed by atoms with Crippen molar-refractivity contribution < 1.29 is 18.7 Å². The van der Waals surface area contributed by atoms with Gasteiger partial charge in [0.05, 0.1) is 5.69 Å². The van der Waals surface area contributed by atoms with E-state index in [1.165, 1.54) is 23.5 Å². The first-order valence-corrected chi connectivity index (χ1v) is 9.29. The molecule has 3 heterocycles. The van der Waals surface area contributed by atoms with Gasteiger partial charge in [0.15, 0.2) is 5.78 Å². The number of hydrogen-bond donors (Lipinski definition) is 0. The van der Waals surface area contributed by atoms with Crippen LogP contribution in [0.15, 0.2) is 69.9 Å². The number of nitrogens with zero attached hydrogens (tertiary/aromatic N) is 2. The topological polar surface area (TPSA) is 90.9 Å². The molecule has 0 atom stereocenters. The molecule has 0 aliphatic heterocycles. The highest BCUT2D eigenvalue weighted by atomic mass is 16.5. The second kappa shape index (κ2) is 7.79. The maximum absolute atomic E-state index is 12.3. The average molecular weight is 402 g/mol. The van der Waals surface area contributed by atoms with Crippen LogP contribution in [0.5, 0.6) is 0 Å². The van der Waals surface area contributed by atoms with Gasteiger partial charge in [-0.05, 0) is 38.1 Å². The molecule has 0 fully saturated rings. The molecule has 150 valence electrons. The fourth-order valence-electron chi connectivity index (χ4n) is 3.12. The molecule has 3 aromatic heterocycles. The first-order chi connectivity index (χ1) is 14.4. The Morgan fingerprint density at radius 3 is 2.57 bits per heavy atom. The van der Waals surface area contributed by atoms with E-state index in [2.05, 4.69) is 4.98 Å². The maximum Gasteiger partial charge on any atom is 0.374 e. The number of ketones is 1.